The van der Waals surface area contributed by atoms with Gasteiger partial charge in [0.15, 0.2) is 11.5 Å². The van der Waals surface area contributed by atoms with E-state index in [1.54, 1.807) is 0 Å². The monoisotopic (exact) mass is 231 g/mol. The number of aliphatic hydroxyl groups is 1. The van der Waals surface area contributed by atoms with E-state index in [0.29, 0.717) is 6.42 Å². The second-order valence-electron chi connectivity index (χ2n) is 3.30. The third kappa shape index (κ3) is 2.53. The Labute approximate surface area is 94.4 Å². The van der Waals surface area contributed by atoms with Crippen LogP contribution in [0.1, 0.15) is 5.56 Å². The van der Waals surface area contributed by atoms with Crippen molar-refractivity contribution in [3.63, 3.8) is 0 Å². The van der Waals surface area contributed by atoms with Crippen LogP contribution in [-0.2, 0) is 6.42 Å². The van der Waals surface area contributed by atoms with E-state index < -0.39 is 0 Å². The first kappa shape index (κ1) is 12.1. The molecule has 0 saturated carbocycles. The summed E-state index contributed by atoms with van der Waals surface area (Å²) in [5.41, 5.74) is 6.64. The van der Waals surface area contributed by atoms with Crippen LogP contribution in [0.25, 0.3) is 0 Å². The third-order valence-corrected chi connectivity index (χ3v) is 2.19. The standard InChI is InChI=1S/C10H13NO3.ClH/c11-8(5-12)4-7-2-1-3-9-10(7)14-6-13-9;/h1-3,8,12H,4-6,11H2;1H. The lowest BCUT2D eigenvalue weighted by Crippen LogP contribution is -2.26. The summed E-state index contributed by atoms with van der Waals surface area (Å²) in [7, 11) is 0. The molecule has 1 heterocycles. The molecule has 1 aliphatic rings. The molecule has 4 nitrogen and oxygen atoms in total. The zero-order chi connectivity index (χ0) is 9.97. The van der Waals surface area contributed by atoms with Crippen LogP contribution in [0.5, 0.6) is 11.5 Å². The van der Waals surface area contributed by atoms with Crippen molar-refractivity contribution >= 4 is 12.4 Å². The van der Waals surface area contributed by atoms with E-state index in [0.717, 1.165) is 17.1 Å². The van der Waals surface area contributed by atoms with Crippen molar-refractivity contribution in [3.8, 4) is 11.5 Å². The van der Waals surface area contributed by atoms with Gasteiger partial charge >= 0.3 is 0 Å². The highest BCUT2D eigenvalue weighted by molar-refractivity contribution is 5.85. The predicted molar refractivity (Wildman–Crippen MR) is 58.6 cm³/mol. The molecule has 0 fully saturated rings. The Kier molecular flexibility index (Phi) is 4.20. The summed E-state index contributed by atoms with van der Waals surface area (Å²) in [6.45, 7) is 0.241. The van der Waals surface area contributed by atoms with Crippen LogP contribution in [-0.4, -0.2) is 24.5 Å². The highest BCUT2D eigenvalue weighted by atomic mass is 35.5. The molecule has 1 aromatic carbocycles. The van der Waals surface area contributed by atoms with Gasteiger partial charge < -0.3 is 20.3 Å². The SMILES string of the molecule is Cl.NC(CO)Cc1cccc2c1OCO2. The Morgan fingerprint density at radius 1 is 1.40 bits per heavy atom. The van der Waals surface area contributed by atoms with Crippen molar-refractivity contribution < 1.29 is 14.6 Å². The van der Waals surface area contributed by atoms with E-state index in [1.165, 1.54) is 0 Å². The molecule has 0 radical (unpaired) electrons. The van der Waals surface area contributed by atoms with Gasteiger partial charge in [-0.1, -0.05) is 12.1 Å². The fraction of sp³-hybridized carbons (Fsp3) is 0.400. The Bertz CT molecular complexity index is 332. The number of ether oxygens (including phenoxy) is 2. The Morgan fingerprint density at radius 3 is 2.93 bits per heavy atom. The number of rotatable bonds is 3. The van der Waals surface area contributed by atoms with E-state index in [-0.39, 0.29) is 31.8 Å². The van der Waals surface area contributed by atoms with Crippen LogP contribution in [0.15, 0.2) is 18.2 Å². The maximum atomic E-state index is 8.85. The highest BCUT2D eigenvalue weighted by Gasteiger charge is 2.18. The van der Waals surface area contributed by atoms with Gasteiger partial charge in [0.2, 0.25) is 6.79 Å². The zero-order valence-corrected chi connectivity index (χ0v) is 9.00. The van der Waals surface area contributed by atoms with Crippen molar-refractivity contribution in [1.29, 1.82) is 0 Å². The number of nitrogens with two attached hydrogens (primary N) is 1. The van der Waals surface area contributed by atoms with Gasteiger partial charge in [0, 0.05) is 6.04 Å². The van der Waals surface area contributed by atoms with Crippen LogP contribution in [0, 0.1) is 0 Å². The minimum Gasteiger partial charge on any atom is -0.454 e. The predicted octanol–water partition coefficient (Wildman–Crippen LogP) is 0.699. The van der Waals surface area contributed by atoms with Crippen LogP contribution >= 0.6 is 12.4 Å². The Hall–Kier alpha value is -0.970. The molecule has 0 saturated heterocycles. The van der Waals surface area contributed by atoms with Gasteiger partial charge in [0.1, 0.15) is 0 Å². The maximum Gasteiger partial charge on any atom is 0.231 e. The topological polar surface area (TPSA) is 64.7 Å². The van der Waals surface area contributed by atoms with Crippen molar-refractivity contribution in [1.82, 2.24) is 0 Å². The average Bonchev–Trinajstić information content (AvgIpc) is 2.66. The highest BCUT2D eigenvalue weighted by Crippen LogP contribution is 2.35. The van der Waals surface area contributed by atoms with Gasteiger partial charge in [-0.15, -0.1) is 12.4 Å². The first-order valence-electron chi connectivity index (χ1n) is 4.55. The molecule has 1 aromatic rings. The first-order chi connectivity index (χ1) is 6.81. The molecule has 1 atom stereocenters. The minimum atomic E-state index is -0.245. The number of hydrogen-bond acceptors (Lipinski definition) is 4. The van der Waals surface area contributed by atoms with Gasteiger partial charge in [-0.25, -0.2) is 0 Å². The van der Waals surface area contributed by atoms with Crippen LogP contribution in [0.4, 0.5) is 0 Å². The van der Waals surface area contributed by atoms with Gasteiger partial charge in [-0.05, 0) is 18.1 Å². The summed E-state index contributed by atoms with van der Waals surface area (Å²) in [6, 6.07) is 5.44. The lowest BCUT2D eigenvalue weighted by Gasteiger charge is -2.09. The van der Waals surface area contributed by atoms with Gasteiger partial charge in [-0.2, -0.15) is 0 Å². The smallest absolute Gasteiger partial charge is 0.231 e. The Balaban J connectivity index is 0.00000112. The van der Waals surface area contributed by atoms with E-state index in [4.69, 9.17) is 20.3 Å². The molecular formula is C10H14ClNO3. The first-order valence-corrected chi connectivity index (χ1v) is 4.55. The van der Waals surface area contributed by atoms with Crippen molar-refractivity contribution in [2.45, 2.75) is 12.5 Å². The summed E-state index contributed by atoms with van der Waals surface area (Å²) < 4.78 is 10.5. The molecule has 0 amide bonds. The quantitative estimate of drug-likeness (QED) is 0.804. The largest absolute Gasteiger partial charge is 0.454 e. The summed E-state index contributed by atoms with van der Waals surface area (Å²) in [6.07, 6.45) is 0.600. The fourth-order valence-corrected chi connectivity index (χ4v) is 1.50. The molecule has 0 aliphatic carbocycles. The lowest BCUT2D eigenvalue weighted by atomic mass is 10.1. The summed E-state index contributed by atoms with van der Waals surface area (Å²) in [5, 5.41) is 8.85. The number of aliphatic hydroxyl groups excluding tert-OH is 1. The van der Waals surface area contributed by atoms with Crippen molar-refractivity contribution in [2.75, 3.05) is 13.4 Å². The molecule has 1 aliphatic heterocycles. The summed E-state index contributed by atoms with van der Waals surface area (Å²) in [4.78, 5) is 0. The average molecular weight is 232 g/mol. The molecule has 2 rings (SSSR count). The van der Waals surface area contributed by atoms with Gasteiger partial charge in [-0.3, -0.25) is 0 Å². The molecule has 15 heavy (non-hydrogen) atoms. The number of para-hydroxylation sites is 1. The van der Waals surface area contributed by atoms with E-state index in [2.05, 4.69) is 0 Å². The fourth-order valence-electron chi connectivity index (χ4n) is 1.50. The summed E-state index contributed by atoms with van der Waals surface area (Å²) in [5.74, 6) is 1.52. The zero-order valence-electron chi connectivity index (χ0n) is 8.18. The lowest BCUT2D eigenvalue weighted by molar-refractivity contribution is 0.173. The Morgan fingerprint density at radius 2 is 2.20 bits per heavy atom. The van der Waals surface area contributed by atoms with Crippen LogP contribution in [0.3, 0.4) is 0 Å². The normalized spacial score (nSPS) is 14.5. The van der Waals surface area contributed by atoms with Crippen molar-refractivity contribution in [2.24, 2.45) is 5.73 Å². The van der Waals surface area contributed by atoms with Crippen LogP contribution < -0.4 is 15.2 Å². The van der Waals surface area contributed by atoms with Gasteiger partial charge in [0.25, 0.3) is 0 Å². The van der Waals surface area contributed by atoms with E-state index in [9.17, 15) is 0 Å². The molecule has 1 unspecified atom stereocenters. The molecule has 3 N–H and O–H groups in total. The third-order valence-electron chi connectivity index (χ3n) is 2.19. The molecule has 0 spiro atoms. The molecule has 0 aromatic heterocycles. The molecule has 84 valence electrons. The summed E-state index contributed by atoms with van der Waals surface area (Å²) >= 11 is 0. The number of hydrogen-bond donors (Lipinski definition) is 2. The molecule has 0 bridgehead atoms. The van der Waals surface area contributed by atoms with Crippen LogP contribution in [0.2, 0.25) is 0 Å². The minimum absolute atomic E-state index is 0. The van der Waals surface area contributed by atoms with Gasteiger partial charge in [0.05, 0.1) is 6.61 Å². The van der Waals surface area contributed by atoms with Crippen molar-refractivity contribution in [3.05, 3.63) is 23.8 Å². The maximum absolute atomic E-state index is 8.85. The van der Waals surface area contributed by atoms with E-state index in [1.807, 2.05) is 18.2 Å². The second-order valence-corrected chi connectivity index (χ2v) is 3.30. The van der Waals surface area contributed by atoms with E-state index >= 15 is 0 Å². The molecule has 5 heteroatoms. The number of halogens is 1. The number of fused-ring (bicyclic) bond motifs is 1. The second kappa shape index (κ2) is 5.21. The molecular weight excluding hydrogens is 218 g/mol. The number of benzene rings is 1.